The molecule has 4 aromatic carbocycles. The molecule has 7 nitrogen and oxygen atoms in total. The Balaban J connectivity index is 1.38. The topological polar surface area (TPSA) is 90.4 Å². The number of rotatable bonds is 10. The summed E-state index contributed by atoms with van der Waals surface area (Å²) in [6.45, 7) is 2.47. The SMILES string of the molecule is O=C(O)Nc1ccc(-n2c(=O)[nH]c3ccccc32)cc1CCCN(Cc1ccccc1)Cc1ccccc1. The third kappa shape index (κ3) is 6.02. The number of hydrogen-bond donors (Lipinski definition) is 3. The maximum atomic E-state index is 12.8. The maximum Gasteiger partial charge on any atom is 0.409 e. The molecule has 1 aromatic heterocycles. The van der Waals surface area contributed by atoms with Crippen LogP contribution in [0.2, 0.25) is 0 Å². The van der Waals surface area contributed by atoms with Gasteiger partial charge in [0, 0.05) is 18.8 Å². The summed E-state index contributed by atoms with van der Waals surface area (Å²) in [7, 11) is 0. The largest absolute Gasteiger partial charge is 0.465 e. The lowest BCUT2D eigenvalue weighted by Crippen LogP contribution is -2.24. The highest BCUT2D eigenvalue weighted by atomic mass is 16.4. The summed E-state index contributed by atoms with van der Waals surface area (Å²) < 4.78 is 1.63. The predicted octanol–water partition coefficient (Wildman–Crippen LogP) is 6.04. The first kappa shape index (κ1) is 25.0. The Morgan fingerprint density at radius 1 is 0.842 bits per heavy atom. The Morgan fingerprint density at radius 2 is 1.47 bits per heavy atom. The van der Waals surface area contributed by atoms with Crippen LogP contribution in [0.4, 0.5) is 10.5 Å². The van der Waals surface area contributed by atoms with Crippen molar-refractivity contribution < 1.29 is 9.90 Å². The van der Waals surface area contributed by atoms with Gasteiger partial charge < -0.3 is 10.1 Å². The van der Waals surface area contributed by atoms with Crippen LogP contribution in [0.15, 0.2) is 108 Å². The van der Waals surface area contributed by atoms with E-state index in [4.69, 9.17) is 0 Å². The number of anilines is 1. The van der Waals surface area contributed by atoms with Crippen molar-refractivity contribution in [2.24, 2.45) is 0 Å². The van der Waals surface area contributed by atoms with E-state index in [1.807, 2.05) is 42.5 Å². The van der Waals surface area contributed by atoms with Crippen molar-refractivity contribution in [3.63, 3.8) is 0 Å². The third-order valence-electron chi connectivity index (χ3n) is 6.60. The fourth-order valence-electron chi connectivity index (χ4n) is 4.86. The summed E-state index contributed by atoms with van der Waals surface area (Å²) in [6, 6.07) is 33.7. The highest BCUT2D eigenvalue weighted by Crippen LogP contribution is 2.24. The van der Waals surface area contributed by atoms with E-state index in [9.17, 15) is 14.7 Å². The van der Waals surface area contributed by atoms with Gasteiger partial charge in [-0.15, -0.1) is 0 Å². The van der Waals surface area contributed by atoms with Crippen LogP contribution in [-0.2, 0) is 19.5 Å². The summed E-state index contributed by atoms with van der Waals surface area (Å²) in [4.78, 5) is 29.5. The normalized spacial score (nSPS) is 11.2. The molecule has 1 heterocycles. The van der Waals surface area contributed by atoms with Crippen molar-refractivity contribution in [1.29, 1.82) is 0 Å². The number of para-hydroxylation sites is 2. The molecule has 0 saturated heterocycles. The van der Waals surface area contributed by atoms with Gasteiger partial charge in [-0.05, 0) is 66.4 Å². The monoisotopic (exact) mass is 506 g/mol. The molecule has 0 fully saturated rings. The first-order chi connectivity index (χ1) is 18.6. The number of H-pyrrole nitrogens is 1. The number of carbonyl (C=O) groups is 1. The zero-order chi connectivity index (χ0) is 26.3. The maximum absolute atomic E-state index is 12.8. The van der Waals surface area contributed by atoms with Crippen LogP contribution in [0.5, 0.6) is 0 Å². The van der Waals surface area contributed by atoms with Crippen LogP contribution < -0.4 is 11.0 Å². The van der Waals surface area contributed by atoms with E-state index in [1.54, 1.807) is 16.7 Å². The molecule has 0 aliphatic carbocycles. The molecule has 0 radical (unpaired) electrons. The molecular weight excluding hydrogens is 476 g/mol. The van der Waals surface area contributed by atoms with Gasteiger partial charge in [-0.25, -0.2) is 9.59 Å². The lowest BCUT2D eigenvalue weighted by atomic mass is 10.1. The average Bonchev–Trinajstić information content (AvgIpc) is 3.26. The first-order valence-electron chi connectivity index (χ1n) is 12.7. The Hall–Kier alpha value is -4.62. The predicted molar refractivity (Wildman–Crippen MR) is 151 cm³/mol. The lowest BCUT2D eigenvalue weighted by molar-refractivity contribution is 0.209. The van der Waals surface area contributed by atoms with E-state index < -0.39 is 6.09 Å². The number of nitrogens with zero attached hydrogens (tertiary/aromatic N) is 2. The molecular formula is C31H30N4O3. The van der Waals surface area contributed by atoms with Crippen LogP contribution in [0.3, 0.4) is 0 Å². The van der Waals surface area contributed by atoms with Gasteiger partial charge in [0.15, 0.2) is 0 Å². The van der Waals surface area contributed by atoms with E-state index in [0.29, 0.717) is 17.8 Å². The molecule has 7 heteroatoms. The molecule has 0 spiro atoms. The van der Waals surface area contributed by atoms with E-state index in [-0.39, 0.29) is 5.69 Å². The highest BCUT2D eigenvalue weighted by molar-refractivity contribution is 5.84. The van der Waals surface area contributed by atoms with Crippen molar-refractivity contribution >= 4 is 22.8 Å². The molecule has 192 valence electrons. The second kappa shape index (κ2) is 11.6. The Labute approximate surface area is 221 Å². The van der Waals surface area contributed by atoms with Gasteiger partial charge in [0.1, 0.15) is 0 Å². The minimum absolute atomic E-state index is 0.229. The fraction of sp³-hybridized carbons (Fsp3) is 0.161. The summed E-state index contributed by atoms with van der Waals surface area (Å²) >= 11 is 0. The summed E-state index contributed by atoms with van der Waals surface area (Å²) in [6.07, 6.45) is 0.360. The van der Waals surface area contributed by atoms with Gasteiger partial charge in [0.2, 0.25) is 0 Å². The molecule has 3 N–H and O–H groups in total. The first-order valence-corrected chi connectivity index (χ1v) is 12.7. The van der Waals surface area contributed by atoms with Crippen molar-refractivity contribution in [3.8, 4) is 5.69 Å². The van der Waals surface area contributed by atoms with E-state index in [2.05, 4.69) is 63.7 Å². The second-order valence-electron chi connectivity index (χ2n) is 9.34. The number of aromatic nitrogens is 2. The Bertz CT molecular complexity index is 1530. The molecule has 0 saturated carbocycles. The minimum Gasteiger partial charge on any atom is -0.465 e. The summed E-state index contributed by atoms with van der Waals surface area (Å²) in [5, 5.41) is 11.9. The summed E-state index contributed by atoms with van der Waals surface area (Å²) in [5.41, 5.74) is 5.88. The molecule has 0 atom stereocenters. The number of carboxylic acid groups (broad SMARTS) is 1. The fourth-order valence-corrected chi connectivity index (χ4v) is 4.86. The van der Waals surface area contributed by atoms with Gasteiger partial charge in [-0.3, -0.25) is 14.8 Å². The minimum atomic E-state index is -1.11. The van der Waals surface area contributed by atoms with Crippen LogP contribution in [0.25, 0.3) is 16.7 Å². The smallest absolute Gasteiger partial charge is 0.409 e. The van der Waals surface area contributed by atoms with Gasteiger partial charge in [-0.2, -0.15) is 0 Å². The quantitative estimate of drug-likeness (QED) is 0.215. The zero-order valence-corrected chi connectivity index (χ0v) is 21.0. The molecule has 0 aliphatic rings. The van der Waals surface area contributed by atoms with Gasteiger partial charge in [0.05, 0.1) is 16.7 Å². The zero-order valence-electron chi connectivity index (χ0n) is 21.0. The van der Waals surface area contributed by atoms with Crippen molar-refractivity contribution in [1.82, 2.24) is 14.5 Å². The second-order valence-corrected chi connectivity index (χ2v) is 9.34. The van der Waals surface area contributed by atoms with Crippen LogP contribution in [0, 0.1) is 0 Å². The van der Waals surface area contributed by atoms with Crippen LogP contribution >= 0.6 is 0 Å². The van der Waals surface area contributed by atoms with Crippen molar-refractivity contribution in [2.45, 2.75) is 25.9 Å². The average molecular weight is 507 g/mol. The number of fused-ring (bicyclic) bond motifs is 1. The lowest BCUT2D eigenvalue weighted by Gasteiger charge is -2.23. The molecule has 0 bridgehead atoms. The van der Waals surface area contributed by atoms with Gasteiger partial charge in [0.25, 0.3) is 0 Å². The van der Waals surface area contributed by atoms with Crippen LogP contribution in [0.1, 0.15) is 23.1 Å². The molecule has 5 rings (SSSR count). The van der Waals surface area contributed by atoms with Gasteiger partial charge >= 0.3 is 11.8 Å². The van der Waals surface area contributed by atoms with Crippen molar-refractivity contribution in [2.75, 3.05) is 11.9 Å². The molecule has 5 aromatic rings. The number of nitrogens with one attached hydrogen (secondary N) is 2. The molecule has 1 amide bonds. The van der Waals surface area contributed by atoms with E-state index in [0.717, 1.165) is 42.7 Å². The standard InChI is InChI=1S/C31H30N4O3/c36-30-32-28-15-7-8-16-29(28)35(30)26-17-18-27(33-31(37)38)25(20-26)14-9-19-34(21-23-10-3-1-4-11-23)22-24-12-5-2-6-13-24/h1-8,10-13,15-18,20,33H,9,14,19,21-22H2,(H,32,36)(H,37,38). The number of imidazole rings is 1. The van der Waals surface area contributed by atoms with Crippen LogP contribution in [-0.4, -0.2) is 32.2 Å². The molecule has 0 aliphatic heterocycles. The highest BCUT2D eigenvalue weighted by Gasteiger charge is 2.14. The van der Waals surface area contributed by atoms with Crippen molar-refractivity contribution in [3.05, 3.63) is 130 Å². The number of aryl methyl sites for hydroxylation is 1. The Morgan fingerprint density at radius 3 is 2.13 bits per heavy atom. The van der Waals surface area contributed by atoms with E-state index >= 15 is 0 Å². The number of amides is 1. The third-order valence-corrected chi connectivity index (χ3v) is 6.60. The number of hydrogen-bond acceptors (Lipinski definition) is 3. The Kier molecular flexibility index (Phi) is 7.66. The van der Waals surface area contributed by atoms with E-state index in [1.165, 1.54) is 11.1 Å². The van der Waals surface area contributed by atoms with Gasteiger partial charge in [-0.1, -0.05) is 72.8 Å². The number of benzene rings is 4. The molecule has 0 unspecified atom stereocenters. The number of aromatic amines is 1. The summed E-state index contributed by atoms with van der Waals surface area (Å²) in [5.74, 6) is 0. The molecule has 38 heavy (non-hydrogen) atoms.